The van der Waals surface area contributed by atoms with Gasteiger partial charge < -0.3 is 5.73 Å². The van der Waals surface area contributed by atoms with Gasteiger partial charge in [0, 0.05) is 19.0 Å². The van der Waals surface area contributed by atoms with Gasteiger partial charge in [0.15, 0.2) is 0 Å². The van der Waals surface area contributed by atoms with Crippen LogP contribution in [0, 0.1) is 11.8 Å². The molecule has 1 aromatic heterocycles. The standard InChI is InChI=1S/C16H30N4/c1-3-5-13-6-8-14(9-7-13)15(17)11-16-18-12-19-20(16)10-4-2/h12-15H,3-11,17H2,1-2H3. The Balaban J connectivity index is 1.83. The molecule has 1 unspecified atom stereocenters. The zero-order valence-electron chi connectivity index (χ0n) is 13.1. The first-order chi connectivity index (χ1) is 9.74. The Morgan fingerprint density at radius 3 is 2.65 bits per heavy atom. The van der Waals surface area contributed by atoms with Gasteiger partial charge in [-0.15, -0.1) is 0 Å². The van der Waals surface area contributed by atoms with Crippen molar-refractivity contribution < 1.29 is 0 Å². The second-order valence-corrected chi connectivity index (χ2v) is 6.34. The molecular formula is C16H30N4. The molecule has 1 aliphatic carbocycles. The van der Waals surface area contributed by atoms with Crippen LogP contribution in [-0.4, -0.2) is 20.8 Å². The van der Waals surface area contributed by atoms with E-state index in [-0.39, 0.29) is 6.04 Å². The fourth-order valence-electron chi connectivity index (χ4n) is 3.54. The Hall–Kier alpha value is -0.900. The van der Waals surface area contributed by atoms with E-state index in [4.69, 9.17) is 5.73 Å². The van der Waals surface area contributed by atoms with Crippen LogP contribution in [-0.2, 0) is 13.0 Å². The third kappa shape index (κ3) is 4.05. The molecule has 4 nitrogen and oxygen atoms in total. The van der Waals surface area contributed by atoms with Crippen molar-refractivity contribution in [2.45, 2.75) is 77.8 Å². The van der Waals surface area contributed by atoms with Gasteiger partial charge in [-0.2, -0.15) is 5.10 Å². The van der Waals surface area contributed by atoms with E-state index in [1.165, 1.54) is 38.5 Å². The van der Waals surface area contributed by atoms with E-state index >= 15 is 0 Å². The summed E-state index contributed by atoms with van der Waals surface area (Å²) in [6, 6.07) is 0.248. The van der Waals surface area contributed by atoms with E-state index in [2.05, 4.69) is 23.9 Å². The molecule has 0 saturated heterocycles. The number of hydrogen-bond donors (Lipinski definition) is 1. The van der Waals surface area contributed by atoms with E-state index < -0.39 is 0 Å². The molecule has 0 aliphatic heterocycles. The highest BCUT2D eigenvalue weighted by atomic mass is 15.3. The summed E-state index contributed by atoms with van der Waals surface area (Å²) in [7, 11) is 0. The maximum Gasteiger partial charge on any atom is 0.138 e. The molecule has 20 heavy (non-hydrogen) atoms. The molecule has 1 aromatic rings. The fourth-order valence-corrected chi connectivity index (χ4v) is 3.54. The number of nitrogens with two attached hydrogens (primary N) is 1. The average Bonchev–Trinajstić information content (AvgIpc) is 2.88. The molecule has 1 atom stereocenters. The lowest BCUT2D eigenvalue weighted by molar-refractivity contribution is 0.230. The van der Waals surface area contributed by atoms with Crippen LogP contribution in [0.1, 0.15) is 64.6 Å². The largest absolute Gasteiger partial charge is 0.327 e. The minimum absolute atomic E-state index is 0.248. The van der Waals surface area contributed by atoms with Crippen molar-refractivity contribution in [3.05, 3.63) is 12.2 Å². The van der Waals surface area contributed by atoms with Gasteiger partial charge in [-0.05, 0) is 31.1 Å². The van der Waals surface area contributed by atoms with E-state index in [1.54, 1.807) is 6.33 Å². The minimum atomic E-state index is 0.248. The highest BCUT2D eigenvalue weighted by Gasteiger charge is 2.26. The van der Waals surface area contributed by atoms with Crippen LogP contribution in [0.2, 0.25) is 0 Å². The van der Waals surface area contributed by atoms with E-state index in [9.17, 15) is 0 Å². The quantitative estimate of drug-likeness (QED) is 0.833. The lowest BCUT2D eigenvalue weighted by Crippen LogP contribution is -2.35. The highest BCUT2D eigenvalue weighted by Crippen LogP contribution is 2.33. The highest BCUT2D eigenvalue weighted by molar-refractivity contribution is 4.92. The lowest BCUT2D eigenvalue weighted by atomic mass is 9.76. The molecule has 1 aliphatic rings. The number of hydrogen-bond acceptors (Lipinski definition) is 3. The summed E-state index contributed by atoms with van der Waals surface area (Å²) in [5.41, 5.74) is 6.44. The van der Waals surface area contributed by atoms with Crippen LogP contribution in [0.25, 0.3) is 0 Å². The second-order valence-electron chi connectivity index (χ2n) is 6.34. The monoisotopic (exact) mass is 278 g/mol. The average molecular weight is 278 g/mol. The topological polar surface area (TPSA) is 56.7 Å². The number of nitrogens with zero attached hydrogens (tertiary/aromatic N) is 3. The molecule has 0 aromatic carbocycles. The van der Waals surface area contributed by atoms with Crippen LogP contribution in [0.5, 0.6) is 0 Å². The molecule has 1 heterocycles. The lowest BCUT2D eigenvalue weighted by Gasteiger charge is -2.32. The molecule has 4 heteroatoms. The van der Waals surface area contributed by atoms with Gasteiger partial charge in [0.2, 0.25) is 0 Å². The Kier molecular flexibility index (Phi) is 6.02. The van der Waals surface area contributed by atoms with Crippen molar-refractivity contribution >= 4 is 0 Å². The molecule has 0 bridgehead atoms. The molecule has 0 amide bonds. The van der Waals surface area contributed by atoms with Crippen molar-refractivity contribution in [3.63, 3.8) is 0 Å². The zero-order chi connectivity index (χ0) is 14.4. The van der Waals surface area contributed by atoms with Crippen LogP contribution in [0.15, 0.2) is 6.33 Å². The maximum atomic E-state index is 6.44. The third-order valence-electron chi connectivity index (χ3n) is 4.74. The summed E-state index contributed by atoms with van der Waals surface area (Å²) in [6.07, 6.45) is 11.7. The maximum absolute atomic E-state index is 6.44. The van der Waals surface area contributed by atoms with Crippen LogP contribution >= 0.6 is 0 Å². The van der Waals surface area contributed by atoms with Gasteiger partial charge in [-0.25, -0.2) is 4.98 Å². The smallest absolute Gasteiger partial charge is 0.138 e. The first-order valence-electron chi connectivity index (χ1n) is 8.36. The van der Waals surface area contributed by atoms with E-state index in [1.807, 2.05) is 4.68 Å². The minimum Gasteiger partial charge on any atom is -0.327 e. The molecular weight excluding hydrogens is 248 g/mol. The molecule has 2 rings (SSSR count). The van der Waals surface area contributed by atoms with Gasteiger partial charge in [0.1, 0.15) is 12.2 Å². The predicted molar refractivity (Wildman–Crippen MR) is 82.3 cm³/mol. The molecule has 0 spiro atoms. The van der Waals surface area contributed by atoms with Gasteiger partial charge in [-0.1, -0.05) is 39.5 Å². The van der Waals surface area contributed by atoms with Crippen molar-refractivity contribution in [1.29, 1.82) is 0 Å². The number of aromatic nitrogens is 3. The fraction of sp³-hybridized carbons (Fsp3) is 0.875. The third-order valence-corrected chi connectivity index (χ3v) is 4.74. The van der Waals surface area contributed by atoms with Crippen LogP contribution in [0.3, 0.4) is 0 Å². The van der Waals surface area contributed by atoms with Crippen molar-refractivity contribution in [1.82, 2.24) is 14.8 Å². The Morgan fingerprint density at radius 1 is 1.25 bits per heavy atom. The van der Waals surface area contributed by atoms with Gasteiger partial charge in [-0.3, -0.25) is 4.68 Å². The summed E-state index contributed by atoms with van der Waals surface area (Å²) < 4.78 is 2.02. The van der Waals surface area contributed by atoms with Gasteiger partial charge >= 0.3 is 0 Å². The normalized spacial score (nSPS) is 24.8. The summed E-state index contributed by atoms with van der Waals surface area (Å²) in [6.45, 7) is 5.41. The van der Waals surface area contributed by atoms with Crippen molar-refractivity contribution in [2.24, 2.45) is 17.6 Å². The molecule has 2 N–H and O–H groups in total. The van der Waals surface area contributed by atoms with Crippen LogP contribution in [0.4, 0.5) is 0 Å². The van der Waals surface area contributed by atoms with Gasteiger partial charge in [0.05, 0.1) is 0 Å². The molecule has 0 radical (unpaired) electrons. The molecule has 1 saturated carbocycles. The van der Waals surface area contributed by atoms with Crippen LogP contribution < -0.4 is 5.73 Å². The van der Waals surface area contributed by atoms with E-state index in [0.717, 1.165) is 31.1 Å². The van der Waals surface area contributed by atoms with Crippen molar-refractivity contribution in [2.75, 3.05) is 0 Å². The Morgan fingerprint density at radius 2 is 2.00 bits per heavy atom. The predicted octanol–water partition coefficient (Wildman–Crippen LogP) is 3.16. The summed E-state index contributed by atoms with van der Waals surface area (Å²) >= 11 is 0. The molecule has 1 fully saturated rings. The zero-order valence-corrected chi connectivity index (χ0v) is 13.1. The van der Waals surface area contributed by atoms with Crippen molar-refractivity contribution in [3.8, 4) is 0 Å². The summed E-state index contributed by atoms with van der Waals surface area (Å²) in [4.78, 5) is 4.39. The number of rotatable bonds is 7. The number of aryl methyl sites for hydroxylation is 1. The molecule has 114 valence electrons. The summed E-state index contributed by atoms with van der Waals surface area (Å²) in [5.74, 6) is 2.69. The van der Waals surface area contributed by atoms with E-state index in [0.29, 0.717) is 5.92 Å². The Labute approximate surface area is 123 Å². The van der Waals surface area contributed by atoms with Gasteiger partial charge in [0.25, 0.3) is 0 Å². The SMILES string of the molecule is CCCC1CCC(C(N)Cc2ncnn2CCC)CC1. The first-order valence-corrected chi connectivity index (χ1v) is 8.36. The summed E-state index contributed by atoms with van der Waals surface area (Å²) in [5, 5.41) is 4.29. The first kappa shape index (κ1) is 15.5. The second kappa shape index (κ2) is 7.77. The Bertz CT molecular complexity index is 380.